The van der Waals surface area contributed by atoms with Crippen molar-refractivity contribution < 1.29 is 9.47 Å². The van der Waals surface area contributed by atoms with Gasteiger partial charge in [0.1, 0.15) is 12.4 Å². The Bertz CT molecular complexity index is 716. The highest BCUT2D eigenvalue weighted by atomic mass is 127. The molecule has 1 aliphatic rings. The van der Waals surface area contributed by atoms with E-state index in [9.17, 15) is 0 Å². The van der Waals surface area contributed by atoms with Crippen molar-refractivity contribution in [3.63, 3.8) is 0 Å². The topological polar surface area (TPSA) is 68.9 Å². The number of nitrogens with two attached hydrogens (primary N) is 1. The molecule has 1 heterocycles. The van der Waals surface area contributed by atoms with Crippen LogP contribution in [0.25, 0.3) is 0 Å². The Morgan fingerprint density at radius 3 is 2.81 bits per heavy atom. The maximum Gasteiger partial charge on any atom is 0.193 e. The Kier molecular flexibility index (Phi) is 8.18. The molecule has 0 bridgehead atoms. The summed E-state index contributed by atoms with van der Waals surface area (Å²) in [5.74, 6) is 1.24. The number of benzene rings is 2. The van der Waals surface area contributed by atoms with Crippen LogP contribution in [0.4, 0.5) is 5.69 Å². The number of aryl methyl sites for hydroxylation is 1. The molecule has 0 aliphatic carbocycles. The van der Waals surface area contributed by atoms with Crippen molar-refractivity contribution in [2.45, 2.75) is 32.4 Å². The third-order valence-corrected chi connectivity index (χ3v) is 4.14. The molecule has 3 rings (SSSR count). The zero-order valence-corrected chi connectivity index (χ0v) is 17.3. The van der Waals surface area contributed by atoms with Crippen LogP contribution >= 0.6 is 24.0 Å². The molecule has 2 aromatic carbocycles. The van der Waals surface area contributed by atoms with Crippen LogP contribution in [0, 0.1) is 6.92 Å². The van der Waals surface area contributed by atoms with E-state index in [1.165, 1.54) is 0 Å². The van der Waals surface area contributed by atoms with E-state index in [4.69, 9.17) is 15.2 Å². The van der Waals surface area contributed by atoms with E-state index in [0.29, 0.717) is 19.1 Å². The van der Waals surface area contributed by atoms with Crippen molar-refractivity contribution in [1.29, 1.82) is 0 Å². The molecule has 2 aromatic rings. The largest absolute Gasteiger partial charge is 0.491 e. The van der Waals surface area contributed by atoms with Crippen LogP contribution in [0.5, 0.6) is 5.75 Å². The molecular weight excluding hydrogens is 441 g/mol. The number of nitrogens with one attached hydrogen (secondary N) is 1. The zero-order valence-electron chi connectivity index (χ0n) is 15.0. The van der Waals surface area contributed by atoms with Gasteiger partial charge in [-0.2, -0.15) is 0 Å². The maximum absolute atomic E-state index is 6.00. The van der Waals surface area contributed by atoms with E-state index in [1.54, 1.807) is 0 Å². The Hall–Kier alpha value is -1.80. The Balaban J connectivity index is 0.00000243. The highest BCUT2D eigenvalue weighted by molar-refractivity contribution is 14.0. The summed E-state index contributed by atoms with van der Waals surface area (Å²) in [6, 6.07) is 15.9. The predicted octanol–water partition coefficient (Wildman–Crippen LogP) is 4.10. The lowest BCUT2D eigenvalue weighted by Crippen LogP contribution is -2.22. The second kappa shape index (κ2) is 10.4. The fraction of sp³-hybridized carbons (Fsp3) is 0.350. The summed E-state index contributed by atoms with van der Waals surface area (Å²) in [5.41, 5.74) is 9.08. The molecule has 1 saturated heterocycles. The summed E-state index contributed by atoms with van der Waals surface area (Å²) in [7, 11) is 0. The maximum atomic E-state index is 6.00. The van der Waals surface area contributed by atoms with E-state index in [2.05, 4.69) is 23.3 Å². The van der Waals surface area contributed by atoms with E-state index >= 15 is 0 Å². The van der Waals surface area contributed by atoms with E-state index in [0.717, 1.165) is 42.0 Å². The molecule has 140 valence electrons. The van der Waals surface area contributed by atoms with Gasteiger partial charge in [-0.3, -0.25) is 0 Å². The van der Waals surface area contributed by atoms with Gasteiger partial charge in [0.2, 0.25) is 0 Å². The molecule has 0 amide bonds. The van der Waals surface area contributed by atoms with Gasteiger partial charge in [0, 0.05) is 17.9 Å². The molecule has 1 atom stereocenters. The summed E-state index contributed by atoms with van der Waals surface area (Å²) >= 11 is 0. The Labute approximate surface area is 172 Å². The average molecular weight is 467 g/mol. The number of aliphatic imine (C=N–C) groups is 1. The summed E-state index contributed by atoms with van der Waals surface area (Å²) in [6.07, 6.45) is 2.37. The number of hydrogen-bond acceptors (Lipinski definition) is 3. The van der Waals surface area contributed by atoms with Crippen molar-refractivity contribution >= 4 is 35.6 Å². The predicted molar refractivity (Wildman–Crippen MR) is 116 cm³/mol. The lowest BCUT2D eigenvalue weighted by Gasteiger charge is -2.15. The first kappa shape index (κ1) is 20.5. The Morgan fingerprint density at radius 1 is 1.27 bits per heavy atom. The van der Waals surface area contributed by atoms with Crippen LogP contribution in [0.3, 0.4) is 0 Å². The van der Waals surface area contributed by atoms with Crippen LogP contribution in [0.2, 0.25) is 0 Å². The first-order valence-electron chi connectivity index (χ1n) is 8.66. The minimum Gasteiger partial charge on any atom is -0.491 e. The van der Waals surface area contributed by atoms with Crippen molar-refractivity contribution in [2.75, 3.05) is 18.5 Å². The standard InChI is InChI=1S/C20H25N3O2.HI/c1-15-9-10-16(19(12-15)25-14-18-8-5-11-24-18)13-22-20(21)23-17-6-3-2-4-7-17;/h2-4,6-7,9-10,12,18H,5,8,11,13-14H2,1H3,(H3,21,22,23);1H. The minimum atomic E-state index is 0. The number of rotatable bonds is 6. The fourth-order valence-corrected chi connectivity index (χ4v) is 2.76. The lowest BCUT2D eigenvalue weighted by atomic mass is 10.1. The zero-order chi connectivity index (χ0) is 17.5. The molecular formula is C20H26IN3O2. The van der Waals surface area contributed by atoms with Crippen LogP contribution in [0.1, 0.15) is 24.0 Å². The van der Waals surface area contributed by atoms with Crippen molar-refractivity contribution in [2.24, 2.45) is 10.7 Å². The van der Waals surface area contributed by atoms with Gasteiger partial charge in [-0.25, -0.2) is 4.99 Å². The molecule has 3 N–H and O–H groups in total. The average Bonchev–Trinajstić information content (AvgIpc) is 3.13. The molecule has 0 radical (unpaired) electrons. The number of ether oxygens (including phenoxy) is 2. The van der Waals surface area contributed by atoms with E-state index < -0.39 is 0 Å². The molecule has 0 spiro atoms. The second-order valence-electron chi connectivity index (χ2n) is 6.25. The van der Waals surface area contributed by atoms with Crippen molar-refractivity contribution in [3.05, 3.63) is 59.7 Å². The summed E-state index contributed by atoms with van der Waals surface area (Å²) in [5, 5.41) is 3.09. The number of hydrogen-bond donors (Lipinski definition) is 2. The van der Waals surface area contributed by atoms with Gasteiger partial charge < -0.3 is 20.5 Å². The van der Waals surface area contributed by atoms with Crippen LogP contribution in [-0.4, -0.2) is 25.3 Å². The molecule has 6 heteroatoms. The summed E-state index contributed by atoms with van der Waals surface area (Å²) in [4.78, 5) is 4.43. The lowest BCUT2D eigenvalue weighted by molar-refractivity contribution is 0.0676. The van der Waals surface area contributed by atoms with Crippen LogP contribution in [-0.2, 0) is 11.3 Å². The first-order chi connectivity index (χ1) is 12.2. The number of guanidine groups is 1. The molecule has 26 heavy (non-hydrogen) atoms. The van der Waals surface area contributed by atoms with Crippen molar-refractivity contribution in [3.8, 4) is 5.75 Å². The molecule has 0 saturated carbocycles. The first-order valence-corrected chi connectivity index (χ1v) is 8.66. The van der Waals surface area contributed by atoms with Gasteiger partial charge in [-0.05, 0) is 43.5 Å². The fourth-order valence-electron chi connectivity index (χ4n) is 2.76. The van der Waals surface area contributed by atoms with Gasteiger partial charge >= 0.3 is 0 Å². The van der Waals surface area contributed by atoms with E-state index in [1.807, 2.05) is 42.5 Å². The quantitative estimate of drug-likeness (QED) is 0.382. The number of halogens is 1. The third kappa shape index (κ3) is 6.17. The monoisotopic (exact) mass is 467 g/mol. The second-order valence-corrected chi connectivity index (χ2v) is 6.25. The number of anilines is 1. The van der Waals surface area contributed by atoms with Gasteiger partial charge in [0.05, 0.1) is 12.6 Å². The smallest absolute Gasteiger partial charge is 0.193 e. The van der Waals surface area contributed by atoms with Gasteiger partial charge in [-0.1, -0.05) is 30.3 Å². The van der Waals surface area contributed by atoms with Crippen LogP contribution < -0.4 is 15.8 Å². The van der Waals surface area contributed by atoms with Gasteiger partial charge in [0.15, 0.2) is 5.96 Å². The summed E-state index contributed by atoms with van der Waals surface area (Å²) in [6.45, 7) is 3.93. The molecule has 1 fully saturated rings. The van der Waals surface area contributed by atoms with Gasteiger partial charge in [0.25, 0.3) is 0 Å². The highest BCUT2D eigenvalue weighted by Crippen LogP contribution is 2.23. The van der Waals surface area contributed by atoms with Crippen LogP contribution in [0.15, 0.2) is 53.5 Å². The van der Waals surface area contributed by atoms with E-state index in [-0.39, 0.29) is 30.1 Å². The van der Waals surface area contributed by atoms with Gasteiger partial charge in [-0.15, -0.1) is 24.0 Å². The molecule has 5 nitrogen and oxygen atoms in total. The highest BCUT2D eigenvalue weighted by Gasteiger charge is 2.16. The molecule has 1 unspecified atom stereocenters. The third-order valence-electron chi connectivity index (χ3n) is 4.14. The minimum absolute atomic E-state index is 0. The Morgan fingerprint density at radius 2 is 2.08 bits per heavy atom. The van der Waals surface area contributed by atoms with Crippen molar-refractivity contribution in [1.82, 2.24) is 0 Å². The molecule has 1 aliphatic heterocycles. The summed E-state index contributed by atoms with van der Waals surface area (Å²) < 4.78 is 11.6. The number of nitrogens with zero attached hydrogens (tertiary/aromatic N) is 1. The normalized spacial score (nSPS) is 16.8. The number of para-hydroxylation sites is 1. The SMILES string of the molecule is Cc1ccc(CN=C(N)Nc2ccccc2)c(OCC2CCCO2)c1.I. The molecule has 0 aromatic heterocycles.